The lowest BCUT2D eigenvalue weighted by molar-refractivity contribution is 0.560. The van der Waals surface area contributed by atoms with Gasteiger partial charge in [0.1, 0.15) is 5.82 Å². The smallest absolute Gasteiger partial charge is 0.191 e. The lowest BCUT2D eigenvalue weighted by Gasteiger charge is -2.21. The van der Waals surface area contributed by atoms with Gasteiger partial charge < -0.3 is 15.5 Å². The predicted octanol–water partition coefficient (Wildman–Crippen LogP) is 2.70. The van der Waals surface area contributed by atoms with Gasteiger partial charge in [-0.15, -0.1) is 24.0 Å². The van der Waals surface area contributed by atoms with E-state index in [0.717, 1.165) is 25.3 Å². The van der Waals surface area contributed by atoms with E-state index in [-0.39, 0.29) is 42.3 Å². The maximum Gasteiger partial charge on any atom is 0.191 e. The van der Waals surface area contributed by atoms with E-state index in [4.69, 9.17) is 11.6 Å². The first-order chi connectivity index (χ1) is 12.6. The molecule has 0 aliphatic carbocycles. The fourth-order valence-corrected chi connectivity index (χ4v) is 3.96. The zero-order valence-electron chi connectivity index (χ0n) is 16.9. The van der Waals surface area contributed by atoms with Crippen molar-refractivity contribution < 1.29 is 8.42 Å². The number of halogens is 2. The van der Waals surface area contributed by atoms with E-state index in [2.05, 4.69) is 25.5 Å². The number of sulfone groups is 1. The Morgan fingerprint density at radius 2 is 2.14 bits per heavy atom. The molecule has 1 saturated heterocycles. The van der Waals surface area contributed by atoms with Crippen molar-refractivity contribution in [3.05, 3.63) is 23.4 Å². The third-order valence-electron chi connectivity index (χ3n) is 4.47. The molecule has 0 amide bonds. The molecule has 0 radical (unpaired) electrons. The Hall–Kier alpha value is -0.810. The van der Waals surface area contributed by atoms with Gasteiger partial charge in [-0.1, -0.05) is 11.6 Å². The maximum atomic E-state index is 12.2. The van der Waals surface area contributed by atoms with Crippen LogP contribution in [0.2, 0.25) is 5.02 Å². The zero-order chi connectivity index (χ0) is 20.1. The van der Waals surface area contributed by atoms with Crippen LogP contribution in [-0.4, -0.2) is 62.1 Å². The number of hydrogen-bond acceptors (Lipinski definition) is 5. The molecule has 7 nitrogen and oxygen atoms in total. The van der Waals surface area contributed by atoms with Crippen LogP contribution in [0.3, 0.4) is 0 Å². The SMILES string of the molecule is CCNC(=NCCS(=O)(=O)C(C)(C)C)NC1CCN(c2ncccc2Cl)C1.I. The molecule has 1 fully saturated rings. The Morgan fingerprint density at radius 1 is 1.43 bits per heavy atom. The van der Waals surface area contributed by atoms with Crippen LogP contribution >= 0.6 is 35.6 Å². The first kappa shape index (κ1) is 25.2. The summed E-state index contributed by atoms with van der Waals surface area (Å²) >= 11 is 6.24. The fourth-order valence-electron chi connectivity index (χ4n) is 2.78. The molecule has 2 N–H and O–H groups in total. The number of pyridine rings is 1. The van der Waals surface area contributed by atoms with E-state index >= 15 is 0 Å². The topological polar surface area (TPSA) is 86.7 Å². The number of nitrogens with zero attached hydrogens (tertiary/aromatic N) is 3. The van der Waals surface area contributed by atoms with Gasteiger partial charge in [0, 0.05) is 31.9 Å². The first-order valence-corrected chi connectivity index (χ1v) is 11.3. The second-order valence-electron chi connectivity index (χ2n) is 7.58. The van der Waals surface area contributed by atoms with Crippen LogP contribution < -0.4 is 15.5 Å². The van der Waals surface area contributed by atoms with E-state index in [1.165, 1.54) is 0 Å². The van der Waals surface area contributed by atoms with Crippen molar-refractivity contribution in [2.75, 3.05) is 36.8 Å². The molecule has 0 bridgehead atoms. The minimum Gasteiger partial charge on any atom is -0.357 e. The van der Waals surface area contributed by atoms with Gasteiger partial charge in [-0.25, -0.2) is 13.4 Å². The summed E-state index contributed by atoms with van der Waals surface area (Å²) in [6.45, 7) is 9.69. The Balaban J connectivity index is 0.00000392. The summed E-state index contributed by atoms with van der Waals surface area (Å²) in [6, 6.07) is 3.85. The second kappa shape index (κ2) is 10.8. The Bertz CT molecular complexity index is 767. The molecule has 0 spiro atoms. The molecular formula is C18H31ClIN5O2S. The second-order valence-corrected chi connectivity index (χ2v) is 10.8. The van der Waals surface area contributed by atoms with Crippen LogP contribution in [-0.2, 0) is 9.84 Å². The maximum absolute atomic E-state index is 12.2. The van der Waals surface area contributed by atoms with E-state index in [1.54, 1.807) is 27.0 Å². The summed E-state index contributed by atoms with van der Waals surface area (Å²) in [6.07, 6.45) is 2.67. The van der Waals surface area contributed by atoms with Crippen molar-refractivity contribution in [2.45, 2.75) is 44.9 Å². The normalized spacial score (nSPS) is 18.0. The largest absolute Gasteiger partial charge is 0.357 e. The monoisotopic (exact) mass is 543 g/mol. The average Bonchev–Trinajstić information content (AvgIpc) is 3.02. The van der Waals surface area contributed by atoms with Gasteiger partial charge >= 0.3 is 0 Å². The Labute approximate surface area is 190 Å². The van der Waals surface area contributed by atoms with Gasteiger partial charge in [-0.3, -0.25) is 4.99 Å². The van der Waals surface area contributed by atoms with Crippen molar-refractivity contribution in [1.82, 2.24) is 15.6 Å². The molecule has 1 aromatic rings. The van der Waals surface area contributed by atoms with Crippen LogP contribution in [0.5, 0.6) is 0 Å². The highest BCUT2D eigenvalue weighted by Gasteiger charge is 2.28. The Kier molecular flexibility index (Phi) is 9.75. The summed E-state index contributed by atoms with van der Waals surface area (Å²) in [5.41, 5.74) is 0. The van der Waals surface area contributed by atoms with E-state index in [9.17, 15) is 8.42 Å². The number of rotatable bonds is 6. The minimum absolute atomic E-state index is 0. The number of guanidine groups is 1. The molecule has 1 aliphatic rings. The van der Waals surface area contributed by atoms with Gasteiger partial charge in [-0.05, 0) is 46.2 Å². The molecule has 1 atom stereocenters. The van der Waals surface area contributed by atoms with Crippen molar-refractivity contribution >= 4 is 57.2 Å². The number of anilines is 1. The van der Waals surface area contributed by atoms with E-state index in [1.807, 2.05) is 19.1 Å². The lowest BCUT2D eigenvalue weighted by Crippen LogP contribution is -2.45. The summed E-state index contributed by atoms with van der Waals surface area (Å²) < 4.78 is 23.7. The molecule has 10 heteroatoms. The van der Waals surface area contributed by atoms with E-state index < -0.39 is 14.6 Å². The molecular weight excluding hydrogens is 513 g/mol. The lowest BCUT2D eigenvalue weighted by atomic mass is 10.3. The van der Waals surface area contributed by atoms with Gasteiger partial charge in [0.15, 0.2) is 15.8 Å². The minimum atomic E-state index is -3.18. The fraction of sp³-hybridized carbons (Fsp3) is 0.667. The molecule has 1 aliphatic heterocycles. The van der Waals surface area contributed by atoms with Crippen LogP contribution in [0.1, 0.15) is 34.1 Å². The number of aromatic nitrogens is 1. The highest BCUT2D eigenvalue weighted by Crippen LogP contribution is 2.25. The number of aliphatic imine (C=N–C) groups is 1. The summed E-state index contributed by atoms with van der Waals surface area (Å²) in [4.78, 5) is 11.0. The molecule has 160 valence electrons. The molecule has 2 heterocycles. The molecule has 0 saturated carbocycles. The van der Waals surface area contributed by atoms with Crippen LogP contribution in [0.25, 0.3) is 0 Å². The van der Waals surface area contributed by atoms with E-state index in [0.29, 0.717) is 17.5 Å². The Morgan fingerprint density at radius 3 is 2.75 bits per heavy atom. The average molecular weight is 544 g/mol. The van der Waals surface area contributed by atoms with Crippen molar-refractivity contribution in [2.24, 2.45) is 4.99 Å². The summed E-state index contributed by atoms with van der Waals surface area (Å²) in [7, 11) is -3.18. The van der Waals surface area contributed by atoms with Gasteiger partial charge in [0.2, 0.25) is 0 Å². The van der Waals surface area contributed by atoms with Crippen LogP contribution in [0.15, 0.2) is 23.3 Å². The van der Waals surface area contributed by atoms with Crippen LogP contribution in [0.4, 0.5) is 5.82 Å². The predicted molar refractivity (Wildman–Crippen MR) is 128 cm³/mol. The quantitative estimate of drug-likeness (QED) is 0.326. The van der Waals surface area contributed by atoms with Crippen LogP contribution in [0, 0.1) is 0 Å². The molecule has 28 heavy (non-hydrogen) atoms. The van der Waals surface area contributed by atoms with Crippen molar-refractivity contribution in [3.63, 3.8) is 0 Å². The number of nitrogens with one attached hydrogen (secondary N) is 2. The van der Waals surface area contributed by atoms with Gasteiger partial charge in [0.25, 0.3) is 0 Å². The van der Waals surface area contributed by atoms with Crippen molar-refractivity contribution in [3.8, 4) is 0 Å². The van der Waals surface area contributed by atoms with Gasteiger partial charge in [0.05, 0.1) is 22.1 Å². The number of hydrogen-bond donors (Lipinski definition) is 2. The zero-order valence-corrected chi connectivity index (χ0v) is 20.8. The molecule has 1 unspecified atom stereocenters. The first-order valence-electron chi connectivity index (χ1n) is 9.26. The highest BCUT2D eigenvalue weighted by atomic mass is 127. The van der Waals surface area contributed by atoms with Crippen molar-refractivity contribution in [1.29, 1.82) is 0 Å². The standard InChI is InChI=1S/C18H30ClN5O2S.HI/c1-5-20-17(22-10-12-27(25,26)18(2,3)4)23-14-8-11-24(13-14)16-15(19)7-6-9-21-16;/h6-7,9,14H,5,8,10-13H2,1-4H3,(H2,20,22,23);1H. The molecule has 1 aromatic heterocycles. The molecule has 2 rings (SSSR count). The van der Waals surface area contributed by atoms with Gasteiger partial charge in [-0.2, -0.15) is 0 Å². The summed E-state index contributed by atoms with van der Waals surface area (Å²) in [5.74, 6) is 1.47. The summed E-state index contributed by atoms with van der Waals surface area (Å²) in [5, 5.41) is 7.22. The third-order valence-corrected chi connectivity index (χ3v) is 7.36. The third kappa shape index (κ3) is 6.91. The highest BCUT2D eigenvalue weighted by molar-refractivity contribution is 14.0. The molecule has 0 aromatic carbocycles.